The molecule has 5 nitrogen and oxygen atoms in total. The molecule has 0 bridgehead atoms. The molecule has 1 aromatic heterocycles. The van der Waals surface area contributed by atoms with Gasteiger partial charge in [-0.2, -0.15) is 0 Å². The fraction of sp³-hybridized carbons (Fsp3) is 0.438. The first-order valence-electron chi connectivity index (χ1n) is 7.79. The molecule has 1 N–H and O–H groups in total. The molecule has 1 atom stereocenters. The van der Waals surface area contributed by atoms with Crippen molar-refractivity contribution in [2.75, 3.05) is 17.7 Å². The highest BCUT2D eigenvalue weighted by molar-refractivity contribution is 8.03. The summed E-state index contributed by atoms with van der Waals surface area (Å²) in [5.74, 6) is 1.78. The molecule has 0 radical (unpaired) electrons. The van der Waals surface area contributed by atoms with E-state index in [1.807, 2.05) is 38.1 Å². The second-order valence-corrected chi connectivity index (χ2v) is 8.80. The second-order valence-electron chi connectivity index (χ2n) is 4.89. The predicted molar refractivity (Wildman–Crippen MR) is 102 cm³/mol. The molecule has 1 amide bonds. The third kappa shape index (κ3) is 5.99. The van der Waals surface area contributed by atoms with Crippen molar-refractivity contribution < 1.29 is 9.53 Å². The highest BCUT2D eigenvalue weighted by Gasteiger charge is 2.17. The Bertz CT molecular complexity index is 646. The molecule has 1 heterocycles. The van der Waals surface area contributed by atoms with Gasteiger partial charge in [0.1, 0.15) is 5.75 Å². The highest BCUT2D eigenvalue weighted by Crippen LogP contribution is 2.31. The molecular weight excluding hydrogens is 362 g/mol. The van der Waals surface area contributed by atoms with Gasteiger partial charge < -0.3 is 10.1 Å². The molecule has 0 aliphatic heterocycles. The van der Waals surface area contributed by atoms with Crippen LogP contribution in [-0.2, 0) is 4.79 Å². The molecule has 24 heavy (non-hydrogen) atoms. The number of hydrogen-bond acceptors (Lipinski definition) is 7. The smallest absolute Gasteiger partial charge is 0.237 e. The van der Waals surface area contributed by atoms with Crippen LogP contribution in [0.4, 0.5) is 5.69 Å². The molecule has 2 rings (SSSR count). The van der Waals surface area contributed by atoms with Crippen LogP contribution in [0.5, 0.6) is 5.75 Å². The summed E-state index contributed by atoms with van der Waals surface area (Å²) in [5.41, 5.74) is 0.757. The Balaban J connectivity index is 1.86. The Kier molecular flexibility index (Phi) is 7.87. The van der Waals surface area contributed by atoms with E-state index in [0.717, 1.165) is 32.3 Å². The maximum absolute atomic E-state index is 12.3. The number of nitrogens with zero attached hydrogens (tertiary/aromatic N) is 2. The van der Waals surface area contributed by atoms with E-state index in [2.05, 4.69) is 22.4 Å². The lowest BCUT2D eigenvalue weighted by atomic mass is 10.3. The average molecular weight is 384 g/mol. The summed E-state index contributed by atoms with van der Waals surface area (Å²) in [6.45, 7) is 6.57. The minimum absolute atomic E-state index is 0.0536. The Labute approximate surface area is 155 Å². The summed E-state index contributed by atoms with van der Waals surface area (Å²) < 4.78 is 7.17. The molecule has 2 aromatic rings. The topological polar surface area (TPSA) is 64.1 Å². The number of carbonyl (C=O) groups is 1. The van der Waals surface area contributed by atoms with Crippen molar-refractivity contribution in [1.82, 2.24) is 10.2 Å². The Morgan fingerprint density at radius 2 is 1.96 bits per heavy atom. The van der Waals surface area contributed by atoms with Crippen molar-refractivity contribution in [3.8, 4) is 5.75 Å². The lowest BCUT2D eigenvalue weighted by molar-refractivity contribution is -0.115. The van der Waals surface area contributed by atoms with E-state index in [1.54, 1.807) is 11.8 Å². The number of ether oxygens (including phenoxy) is 1. The number of aromatic nitrogens is 2. The van der Waals surface area contributed by atoms with Gasteiger partial charge in [-0.1, -0.05) is 41.8 Å². The normalized spacial score (nSPS) is 12.0. The van der Waals surface area contributed by atoms with Crippen LogP contribution in [0, 0.1) is 0 Å². The number of thioether (sulfide) groups is 2. The molecule has 0 aliphatic carbocycles. The third-order valence-electron chi connectivity index (χ3n) is 2.90. The first-order chi connectivity index (χ1) is 11.6. The quantitative estimate of drug-likeness (QED) is 0.641. The van der Waals surface area contributed by atoms with E-state index in [4.69, 9.17) is 4.74 Å². The maximum atomic E-state index is 12.3. The van der Waals surface area contributed by atoms with E-state index < -0.39 is 0 Å². The van der Waals surface area contributed by atoms with Crippen molar-refractivity contribution in [3.63, 3.8) is 0 Å². The van der Waals surface area contributed by atoms with Crippen molar-refractivity contribution in [3.05, 3.63) is 24.3 Å². The third-order valence-corrected chi connectivity index (χ3v) is 6.34. The summed E-state index contributed by atoms with van der Waals surface area (Å²) in [6.07, 6.45) is 1.10. The number of hydrogen-bond donors (Lipinski definition) is 1. The minimum Gasteiger partial charge on any atom is -0.494 e. The Morgan fingerprint density at radius 3 is 2.62 bits per heavy atom. The summed E-state index contributed by atoms with van der Waals surface area (Å²) in [6, 6.07) is 7.37. The van der Waals surface area contributed by atoms with Gasteiger partial charge in [-0.3, -0.25) is 4.79 Å². The van der Waals surface area contributed by atoms with Gasteiger partial charge in [0, 0.05) is 11.4 Å². The monoisotopic (exact) mass is 383 g/mol. The highest BCUT2D eigenvalue weighted by atomic mass is 32.2. The van der Waals surface area contributed by atoms with Crippen molar-refractivity contribution in [2.45, 2.75) is 41.1 Å². The first kappa shape index (κ1) is 19.1. The lowest BCUT2D eigenvalue weighted by Crippen LogP contribution is -2.22. The summed E-state index contributed by atoms with van der Waals surface area (Å²) in [4.78, 5) is 12.3. The van der Waals surface area contributed by atoms with Crippen LogP contribution in [0.25, 0.3) is 0 Å². The van der Waals surface area contributed by atoms with E-state index in [1.165, 1.54) is 23.1 Å². The van der Waals surface area contributed by atoms with Gasteiger partial charge in [-0.05, 0) is 44.5 Å². The van der Waals surface area contributed by atoms with Crippen LogP contribution < -0.4 is 10.1 Å². The number of rotatable bonds is 9. The van der Waals surface area contributed by atoms with Crippen molar-refractivity contribution in [1.29, 1.82) is 0 Å². The summed E-state index contributed by atoms with van der Waals surface area (Å²) in [7, 11) is 0. The second kappa shape index (κ2) is 9.90. The summed E-state index contributed by atoms with van der Waals surface area (Å²) >= 11 is 4.67. The zero-order valence-electron chi connectivity index (χ0n) is 13.9. The molecule has 0 fully saturated rings. The van der Waals surface area contributed by atoms with Gasteiger partial charge in [0.05, 0.1) is 11.9 Å². The molecule has 1 aromatic carbocycles. The van der Waals surface area contributed by atoms with Crippen LogP contribution in [-0.4, -0.2) is 33.7 Å². The van der Waals surface area contributed by atoms with Gasteiger partial charge >= 0.3 is 0 Å². The molecule has 0 saturated carbocycles. The van der Waals surface area contributed by atoms with Crippen molar-refractivity contribution >= 4 is 46.5 Å². The molecule has 0 aliphatic rings. The van der Waals surface area contributed by atoms with Crippen LogP contribution in [0.2, 0.25) is 0 Å². The van der Waals surface area contributed by atoms with Crippen LogP contribution in [0.3, 0.4) is 0 Å². The van der Waals surface area contributed by atoms with E-state index in [9.17, 15) is 4.79 Å². The van der Waals surface area contributed by atoms with Crippen molar-refractivity contribution in [2.24, 2.45) is 0 Å². The predicted octanol–water partition coefficient (Wildman–Crippen LogP) is 4.56. The first-order valence-corrected chi connectivity index (χ1v) is 10.5. The number of benzene rings is 1. The molecule has 130 valence electrons. The van der Waals surface area contributed by atoms with Crippen LogP contribution >= 0.6 is 34.9 Å². The molecular formula is C16H21N3O2S3. The van der Waals surface area contributed by atoms with Gasteiger partial charge in [0.25, 0.3) is 0 Å². The number of anilines is 1. The molecule has 0 spiro atoms. The van der Waals surface area contributed by atoms with Crippen LogP contribution in [0.15, 0.2) is 32.9 Å². The van der Waals surface area contributed by atoms with Gasteiger partial charge in [-0.25, -0.2) is 0 Å². The van der Waals surface area contributed by atoms with Gasteiger partial charge in [0.15, 0.2) is 8.68 Å². The molecule has 8 heteroatoms. The Hall–Kier alpha value is -1.25. The molecule has 0 unspecified atom stereocenters. The average Bonchev–Trinajstić information content (AvgIpc) is 3.02. The van der Waals surface area contributed by atoms with E-state index >= 15 is 0 Å². The standard InChI is InChI=1S/C16H21N3O2S3/c1-4-10-22-15-18-19-16(24-15)23-11(3)14(20)17-12-6-8-13(9-7-12)21-5-2/h6-9,11H,4-5,10H2,1-3H3,(H,17,20)/t11-/m1/s1. The van der Waals surface area contributed by atoms with Gasteiger partial charge in [0.2, 0.25) is 5.91 Å². The number of carbonyl (C=O) groups excluding carboxylic acids is 1. The summed E-state index contributed by atoms with van der Waals surface area (Å²) in [5, 5.41) is 11.0. The van der Waals surface area contributed by atoms with E-state index in [-0.39, 0.29) is 11.2 Å². The fourth-order valence-electron chi connectivity index (χ4n) is 1.74. The number of amides is 1. The minimum atomic E-state index is -0.242. The fourth-order valence-corrected chi connectivity index (χ4v) is 4.83. The maximum Gasteiger partial charge on any atom is 0.237 e. The zero-order valence-corrected chi connectivity index (χ0v) is 16.4. The number of nitrogens with one attached hydrogen (secondary N) is 1. The molecule has 0 saturated heterocycles. The van der Waals surface area contributed by atoms with Gasteiger partial charge in [-0.15, -0.1) is 10.2 Å². The lowest BCUT2D eigenvalue weighted by Gasteiger charge is -2.11. The SMILES string of the molecule is CCCSc1nnc(S[C@H](C)C(=O)Nc2ccc(OCC)cc2)s1. The van der Waals surface area contributed by atoms with E-state index in [0.29, 0.717) is 6.61 Å². The Morgan fingerprint density at radius 1 is 1.25 bits per heavy atom. The zero-order chi connectivity index (χ0) is 17.4. The van der Waals surface area contributed by atoms with Crippen LogP contribution in [0.1, 0.15) is 27.2 Å². The largest absolute Gasteiger partial charge is 0.494 e.